The van der Waals surface area contributed by atoms with E-state index < -0.39 is 0 Å². The van der Waals surface area contributed by atoms with Crippen molar-refractivity contribution in [1.29, 1.82) is 0 Å². The Labute approximate surface area is 158 Å². The van der Waals surface area contributed by atoms with Crippen molar-refractivity contribution in [2.45, 2.75) is 39.0 Å². The van der Waals surface area contributed by atoms with Gasteiger partial charge < -0.3 is 25.4 Å². The van der Waals surface area contributed by atoms with E-state index in [2.05, 4.69) is 15.6 Å². The number of aryl methyl sites for hydroxylation is 1. The number of aliphatic hydroxyl groups excluding tert-OH is 1. The molecule has 0 amide bonds. The predicted octanol–water partition coefficient (Wildman–Crippen LogP) is 2.15. The van der Waals surface area contributed by atoms with Crippen LogP contribution in [0.3, 0.4) is 0 Å². The number of rotatable bonds is 5. The van der Waals surface area contributed by atoms with Crippen LogP contribution in [0.15, 0.2) is 30.3 Å². The van der Waals surface area contributed by atoms with E-state index in [1.54, 1.807) is 12.1 Å². The van der Waals surface area contributed by atoms with Crippen molar-refractivity contribution in [2.24, 2.45) is 0 Å². The quantitative estimate of drug-likeness (QED) is 0.552. The van der Waals surface area contributed by atoms with Gasteiger partial charge >= 0.3 is 0 Å². The molecule has 4 rings (SSSR count). The second kappa shape index (κ2) is 7.54. The smallest absolute Gasteiger partial charge is 0.204 e. The van der Waals surface area contributed by atoms with Crippen molar-refractivity contribution in [2.75, 3.05) is 18.4 Å². The molecule has 7 nitrogen and oxygen atoms in total. The Balaban J connectivity index is 1.76. The lowest BCUT2D eigenvalue weighted by molar-refractivity contribution is 0.282. The molecule has 1 aromatic carbocycles. The molecule has 0 saturated carbocycles. The summed E-state index contributed by atoms with van der Waals surface area (Å²) in [7, 11) is 0. The van der Waals surface area contributed by atoms with Gasteiger partial charge in [-0.25, -0.2) is 4.98 Å². The second-order valence-electron chi connectivity index (χ2n) is 7.09. The average molecular weight is 367 g/mol. The summed E-state index contributed by atoms with van der Waals surface area (Å²) < 4.78 is 2.04. The lowest BCUT2D eigenvalue weighted by atomic mass is 10.1. The Morgan fingerprint density at radius 2 is 2.00 bits per heavy atom. The molecule has 1 aliphatic rings. The van der Waals surface area contributed by atoms with Crippen molar-refractivity contribution in [3.05, 3.63) is 47.3 Å². The molecule has 2 aromatic heterocycles. The molecule has 0 spiro atoms. The van der Waals surface area contributed by atoms with Gasteiger partial charge in [-0.2, -0.15) is 0 Å². The monoisotopic (exact) mass is 367 g/mol. The molecule has 0 bridgehead atoms. The lowest BCUT2D eigenvalue weighted by Gasteiger charge is -2.24. The van der Waals surface area contributed by atoms with Crippen LogP contribution in [0.2, 0.25) is 0 Å². The standard InChI is InChI=1S/C20H25N5O2/c1-13-2-5-19(27)17(22-13)11-25-18-10-14(12-26)3-4-16(18)24-20(25)23-15-6-8-21-9-7-15/h2-5,10,15,21,26-27H,6-9,11-12H2,1H3,(H,23,24). The van der Waals surface area contributed by atoms with Gasteiger partial charge in [0.2, 0.25) is 5.95 Å². The van der Waals surface area contributed by atoms with E-state index in [0.29, 0.717) is 18.3 Å². The van der Waals surface area contributed by atoms with Gasteiger partial charge in [-0.3, -0.25) is 4.98 Å². The maximum absolute atomic E-state index is 10.3. The number of nitrogens with zero attached hydrogens (tertiary/aromatic N) is 3. The zero-order valence-corrected chi connectivity index (χ0v) is 15.4. The van der Waals surface area contributed by atoms with E-state index in [0.717, 1.165) is 54.2 Å². The molecular weight excluding hydrogens is 342 g/mol. The average Bonchev–Trinajstić information content (AvgIpc) is 3.01. The van der Waals surface area contributed by atoms with Crippen LogP contribution in [0.1, 0.15) is 29.8 Å². The van der Waals surface area contributed by atoms with Crippen molar-refractivity contribution < 1.29 is 10.2 Å². The van der Waals surface area contributed by atoms with E-state index in [9.17, 15) is 10.2 Å². The lowest BCUT2D eigenvalue weighted by Crippen LogP contribution is -2.36. The van der Waals surface area contributed by atoms with Crippen molar-refractivity contribution in [3.8, 4) is 5.75 Å². The van der Waals surface area contributed by atoms with Gasteiger partial charge in [0.1, 0.15) is 11.4 Å². The number of aromatic hydroxyl groups is 1. The van der Waals surface area contributed by atoms with E-state index in [4.69, 9.17) is 4.98 Å². The van der Waals surface area contributed by atoms with Gasteiger partial charge in [-0.1, -0.05) is 6.07 Å². The number of hydrogen-bond donors (Lipinski definition) is 4. The topological polar surface area (TPSA) is 95.2 Å². The summed E-state index contributed by atoms with van der Waals surface area (Å²) in [6, 6.07) is 9.59. The van der Waals surface area contributed by atoms with E-state index in [1.807, 2.05) is 29.7 Å². The van der Waals surface area contributed by atoms with Gasteiger partial charge in [-0.05, 0) is 62.7 Å². The molecule has 0 unspecified atom stereocenters. The Morgan fingerprint density at radius 1 is 1.19 bits per heavy atom. The Hall–Kier alpha value is -2.64. The van der Waals surface area contributed by atoms with Crippen LogP contribution in [-0.4, -0.2) is 43.9 Å². The molecule has 4 N–H and O–H groups in total. The first-order valence-corrected chi connectivity index (χ1v) is 9.37. The van der Waals surface area contributed by atoms with Crippen LogP contribution in [0.5, 0.6) is 5.75 Å². The number of benzene rings is 1. The van der Waals surface area contributed by atoms with Crippen LogP contribution in [0, 0.1) is 6.92 Å². The second-order valence-corrected chi connectivity index (χ2v) is 7.09. The normalized spacial score (nSPS) is 15.3. The van der Waals surface area contributed by atoms with E-state index in [-0.39, 0.29) is 12.4 Å². The van der Waals surface area contributed by atoms with Gasteiger partial charge in [-0.15, -0.1) is 0 Å². The molecule has 3 aromatic rings. The minimum atomic E-state index is -0.0217. The zero-order chi connectivity index (χ0) is 18.8. The first-order chi connectivity index (χ1) is 13.1. The van der Waals surface area contributed by atoms with Crippen molar-refractivity contribution >= 4 is 17.0 Å². The molecule has 27 heavy (non-hydrogen) atoms. The van der Waals surface area contributed by atoms with Gasteiger partial charge in [0.15, 0.2) is 0 Å². The Bertz CT molecular complexity index is 947. The summed E-state index contributed by atoms with van der Waals surface area (Å²) >= 11 is 0. The molecule has 1 fully saturated rings. The van der Waals surface area contributed by atoms with E-state index in [1.165, 1.54) is 0 Å². The fourth-order valence-electron chi connectivity index (χ4n) is 3.55. The largest absolute Gasteiger partial charge is 0.506 e. The molecule has 0 radical (unpaired) electrons. The molecule has 1 aliphatic heterocycles. The van der Waals surface area contributed by atoms with Gasteiger partial charge in [0, 0.05) is 11.7 Å². The highest BCUT2D eigenvalue weighted by Crippen LogP contribution is 2.26. The number of pyridine rings is 1. The molecule has 1 saturated heterocycles. The maximum atomic E-state index is 10.3. The van der Waals surface area contributed by atoms with Crippen molar-refractivity contribution in [3.63, 3.8) is 0 Å². The van der Waals surface area contributed by atoms with Crippen molar-refractivity contribution in [1.82, 2.24) is 19.9 Å². The maximum Gasteiger partial charge on any atom is 0.204 e. The van der Waals surface area contributed by atoms with E-state index >= 15 is 0 Å². The summed E-state index contributed by atoms with van der Waals surface area (Å²) in [5, 5.41) is 26.7. The van der Waals surface area contributed by atoms with Gasteiger partial charge in [0.05, 0.1) is 24.2 Å². The summed E-state index contributed by atoms with van der Waals surface area (Å²) in [5.74, 6) is 0.947. The number of piperidine rings is 1. The summed E-state index contributed by atoms with van der Waals surface area (Å²) in [5.41, 5.74) is 4.07. The molecule has 142 valence electrons. The molecule has 3 heterocycles. The predicted molar refractivity (Wildman–Crippen MR) is 105 cm³/mol. The number of aliphatic hydroxyl groups is 1. The zero-order valence-electron chi connectivity index (χ0n) is 15.4. The highest BCUT2D eigenvalue weighted by molar-refractivity contribution is 5.79. The Morgan fingerprint density at radius 3 is 2.78 bits per heavy atom. The third-order valence-electron chi connectivity index (χ3n) is 5.06. The minimum absolute atomic E-state index is 0.0217. The van der Waals surface area contributed by atoms with Gasteiger partial charge in [0.25, 0.3) is 0 Å². The summed E-state index contributed by atoms with van der Waals surface area (Å²) in [6.07, 6.45) is 2.08. The number of imidazole rings is 1. The molecule has 7 heteroatoms. The van der Waals surface area contributed by atoms with Crippen LogP contribution in [0.25, 0.3) is 11.0 Å². The third kappa shape index (κ3) is 3.74. The summed E-state index contributed by atoms with van der Waals surface area (Å²) in [6.45, 7) is 4.28. The minimum Gasteiger partial charge on any atom is -0.506 e. The molecular formula is C20H25N5O2. The number of hydrogen-bond acceptors (Lipinski definition) is 6. The fourth-order valence-corrected chi connectivity index (χ4v) is 3.55. The first-order valence-electron chi connectivity index (χ1n) is 9.37. The third-order valence-corrected chi connectivity index (χ3v) is 5.06. The summed E-state index contributed by atoms with van der Waals surface area (Å²) in [4.78, 5) is 9.27. The molecule has 0 atom stereocenters. The Kier molecular flexibility index (Phi) is 4.96. The SMILES string of the molecule is Cc1ccc(O)c(Cn2c(NC3CCNCC3)nc3ccc(CO)cc32)n1. The number of fused-ring (bicyclic) bond motifs is 1. The van der Waals surface area contributed by atoms with Crippen LogP contribution >= 0.6 is 0 Å². The first kappa shape index (κ1) is 17.8. The number of aromatic nitrogens is 3. The van der Waals surface area contributed by atoms with Crippen LogP contribution in [-0.2, 0) is 13.2 Å². The molecule has 0 aliphatic carbocycles. The highest BCUT2D eigenvalue weighted by atomic mass is 16.3. The fraction of sp³-hybridized carbons (Fsp3) is 0.400. The number of anilines is 1. The van der Waals surface area contributed by atoms with Crippen LogP contribution in [0.4, 0.5) is 5.95 Å². The van der Waals surface area contributed by atoms with Crippen LogP contribution < -0.4 is 10.6 Å². The number of nitrogens with one attached hydrogen (secondary N) is 2. The highest BCUT2D eigenvalue weighted by Gasteiger charge is 2.19.